The van der Waals surface area contributed by atoms with Crippen LogP contribution in [0.2, 0.25) is 0 Å². The second-order valence-corrected chi connectivity index (χ2v) is 6.40. The van der Waals surface area contributed by atoms with E-state index in [1.54, 1.807) is 0 Å². The van der Waals surface area contributed by atoms with Crippen molar-refractivity contribution >= 4 is 23.0 Å². The molecule has 0 unspecified atom stereocenters. The SMILES string of the molecule is O=C([O-])C(CCCCCOc1ccc(-c2nc3ccccc3o2)cc1)C(=O)[O-].[Na+].[Na+]. The molecule has 146 valence electrons. The third kappa shape index (κ3) is 7.41. The average Bonchev–Trinajstić information content (AvgIpc) is 3.11. The van der Waals surface area contributed by atoms with Crippen LogP contribution in [0.25, 0.3) is 22.6 Å². The number of benzene rings is 2. The fourth-order valence-corrected chi connectivity index (χ4v) is 2.84. The number of unbranched alkanes of at least 4 members (excludes halogenated alkanes) is 2. The number of aromatic nitrogens is 1. The number of carboxylic acid groups (broad SMARTS) is 2. The molecule has 2 aromatic carbocycles. The van der Waals surface area contributed by atoms with Crippen LogP contribution in [0.15, 0.2) is 52.9 Å². The summed E-state index contributed by atoms with van der Waals surface area (Å²) in [4.78, 5) is 25.8. The van der Waals surface area contributed by atoms with Crippen molar-refractivity contribution in [1.29, 1.82) is 0 Å². The smallest absolute Gasteiger partial charge is 0.549 e. The summed E-state index contributed by atoms with van der Waals surface area (Å²) in [5.41, 5.74) is 2.38. The van der Waals surface area contributed by atoms with Crippen molar-refractivity contribution in [3.05, 3.63) is 48.5 Å². The predicted molar refractivity (Wildman–Crippen MR) is 96.9 cm³/mol. The van der Waals surface area contributed by atoms with Crippen LogP contribution in [0.4, 0.5) is 0 Å². The number of fused-ring (bicyclic) bond motifs is 1. The number of rotatable bonds is 10. The minimum atomic E-state index is -1.60. The summed E-state index contributed by atoms with van der Waals surface area (Å²) in [6.07, 6.45) is 1.79. The maximum atomic E-state index is 10.7. The summed E-state index contributed by atoms with van der Waals surface area (Å²) in [6, 6.07) is 14.9. The fourth-order valence-electron chi connectivity index (χ4n) is 2.84. The van der Waals surface area contributed by atoms with Gasteiger partial charge in [-0.25, -0.2) is 4.98 Å². The Morgan fingerprint density at radius 2 is 1.60 bits per heavy atom. The Balaban J connectivity index is 0.00000225. The van der Waals surface area contributed by atoms with E-state index in [9.17, 15) is 19.8 Å². The van der Waals surface area contributed by atoms with Gasteiger partial charge in [-0.3, -0.25) is 0 Å². The van der Waals surface area contributed by atoms with E-state index in [0.29, 0.717) is 37.5 Å². The minimum absolute atomic E-state index is 0. The molecule has 0 spiro atoms. The van der Waals surface area contributed by atoms with Gasteiger partial charge < -0.3 is 29.0 Å². The van der Waals surface area contributed by atoms with Crippen LogP contribution in [0.3, 0.4) is 0 Å². The number of hydrogen-bond acceptors (Lipinski definition) is 7. The Morgan fingerprint density at radius 3 is 2.23 bits per heavy atom. The molecule has 0 fully saturated rings. The van der Waals surface area contributed by atoms with Crippen LogP contribution in [0, 0.1) is 5.92 Å². The van der Waals surface area contributed by atoms with Gasteiger partial charge in [0, 0.05) is 11.5 Å². The molecule has 0 saturated heterocycles. The maximum Gasteiger partial charge on any atom is 1.00 e. The van der Waals surface area contributed by atoms with Crippen molar-refractivity contribution < 1.29 is 88.1 Å². The zero-order valence-electron chi connectivity index (χ0n) is 17.1. The second kappa shape index (κ2) is 13.1. The van der Waals surface area contributed by atoms with E-state index in [1.807, 2.05) is 48.5 Å². The first-order chi connectivity index (χ1) is 13.5. The average molecular weight is 427 g/mol. The fraction of sp³-hybridized carbons (Fsp3) is 0.286. The molecular weight excluding hydrogens is 408 g/mol. The number of aliphatic carboxylic acids is 2. The van der Waals surface area contributed by atoms with Gasteiger partial charge in [0.2, 0.25) is 5.89 Å². The van der Waals surface area contributed by atoms with Gasteiger partial charge >= 0.3 is 59.1 Å². The second-order valence-electron chi connectivity index (χ2n) is 6.40. The van der Waals surface area contributed by atoms with Crippen molar-refractivity contribution in [2.45, 2.75) is 25.7 Å². The molecule has 7 nitrogen and oxygen atoms in total. The van der Waals surface area contributed by atoms with Crippen LogP contribution < -0.4 is 74.1 Å². The Morgan fingerprint density at radius 1 is 0.933 bits per heavy atom. The maximum absolute atomic E-state index is 10.7. The Hall–Kier alpha value is -1.35. The van der Waals surface area contributed by atoms with E-state index in [4.69, 9.17) is 9.15 Å². The molecule has 0 aliphatic heterocycles. The molecule has 1 heterocycles. The van der Waals surface area contributed by atoms with Crippen molar-refractivity contribution in [1.82, 2.24) is 4.98 Å². The Kier molecular flexibility index (Phi) is 11.7. The molecule has 0 aliphatic carbocycles. The van der Waals surface area contributed by atoms with Crippen molar-refractivity contribution in [3.8, 4) is 17.2 Å². The molecule has 0 atom stereocenters. The predicted octanol–water partition coefficient (Wildman–Crippen LogP) is -4.44. The summed E-state index contributed by atoms with van der Waals surface area (Å²) in [5.74, 6) is -3.52. The number of ether oxygens (including phenoxy) is 1. The van der Waals surface area contributed by atoms with Crippen molar-refractivity contribution in [3.63, 3.8) is 0 Å². The van der Waals surface area contributed by atoms with Crippen LogP contribution in [0.5, 0.6) is 5.75 Å². The molecule has 0 N–H and O–H groups in total. The molecule has 0 amide bonds. The number of nitrogens with zero attached hydrogens (tertiary/aromatic N) is 1. The van der Waals surface area contributed by atoms with Crippen LogP contribution in [-0.4, -0.2) is 23.5 Å². The van der Waals surface area contributed by atoms with Gasteiger partial charge in [-0.1, -0.05) is 25.0 Å². The molecule has 0 radical (unpaired) electrons. The topological polar surface area (TPSA) is 116 Å². The molecule has 0 saturated carbocycles. The molecule has 0 aliphatic rings. The first-order valence-electron chi connectivity index (χ1n) is 9.05. The van der Waals surface area contributed by atoms with E-state index >= 15 is 0 Å². The summed E-state index contributed by atoms with van der Waals surface area (Å²) in [7, 11) is 0. The van der Waals surface area contributed by atoms with Gasteiger partial charge in [-0.2, -0.15) is 0 Å². The van der Waals surface area contributed by atoms with E-state index in [-0.39, 0.29) is 65.5 Å². The van der Waals surface area contributed by atoms with Gasteiger partial charge in [-0.15, -0.1) is 0 Å². The van der Waals surface area contributed by atoms with Crippen molar-refractivity contribution in [2.24, 2.45) is 5.92 Å². The van der Waals surface area contributed by atoms with E-state index in [0.717, 1.165) is 16.7 Å². The van der Waals surface area contributed by atoms with Gasteiger partial charge in [0.05, 0.1) is 18.5 Å². The standard InChI is InChI=1S/C21H21NO6.2Na/c23-20(24)16(21(25)26)6-2-1-5-13-27-15-11-9-14(10-12-15)19-22-17-7-3-4-8-18(17)28-19;;/h3-4,7-12,16H,1-2,5-6,13H2,(H,23,24)(H,25,26);;/q;2*+1/p-2. The van der Waals surface area contributed by atoms with Crippen molar-refractivity contribution in [2.75, 3.05) is 6.61 Å². The zero-order valence-corrected chi connectivity index (χ0v) is 21.1. The zero-order chi connectivity index (χ0) is 19.9. The number of carbonyl (C=O) groups excluding carboxylic acids is 2. The monoisotopic (exact) mass is 427 g/mol. The molecule has 3 rings (SSSR count). The Labute approximate surface area is 218 Å². The molecule has 3 aromatic rings. The summed E-state index contributed by atoms with van der Waals surface area (Å²) < 4.78 is 11.4. The van der Waals surface area contributed by atoms with Gasteiger partial charge in [0.15, 0.2) is 5.58 Å². The van der Waals surface area contributed by atoms with E-state index in [1.165, 1.54) is 0 Å². The molecule has 1 aromatic heterocycles. The number of carbonyl (C=O) groups is 2. The van der Waals surface area contributed by atoms with Gasteiger partial charge in [-0.05, 0) is 49.2 Å². The third-order valence-electron chi connectivity index (χ3n) is 4.37. The molecular formula is C21H19NNa2O6. The number of oxazole rings is 1. The molecule has 0 bridgehead atoms. The molecule has 9 heteroatoms. The third-order valence-corrected chi connectivity index (χ3v) is 4.37. The van der Waals surface area contributed by atoms with Gasteiger partial charge in [0.25, 0.3) is 0 Å². The quantitative estimate of drug-likeness (QED) is 0.182. The number of hydrogen-bond donors (Lipinski definition) is 0. The number of para-hydroxylation sites is 2. The summed E-state index contributed by atoms with van der Waals surface area (Å²) >= 11 is 0. The summed E-state index contributed by atoms with van der Waals surface area (Å²) in [5, 5.41) is 21.3. The minimum Gasteiger partial charge on any atom is -0.549 e. The first kappa shape index (κ1) is 26.7. The normalized spacial score (nSPS) is 10.3. The van der Waals surface area contributed by atoms with Gasteiger partial charge in [0.1, 0.15) is 11.3 Å². The summed E-state index contributed by atoms with van der Waals surface area (Å²) in [6.45, 7) is 0.448. The van der Waals surface area contributed by atoms with E-state index < -0.39 is 17.9 Å². The number of carboxylic acids is 2. The Bertz CT molecular complexity index is 911. The molecule has 30 heavy (non-hydrogen) atoms. The largest absolute Gasteiger partial charge is 1.00 e. The van der Waals surface area contributed by atoms with Crippen LogP contribution >= 0.6 is 0 Å². The van der Waals surface area contributed by atoms with Crippen LogP contribution in [0.1, 0.15) is 25.7 Å². The van der Waals surface area contributed by atoms with Crippen LogP contribution in [-0.2, 0) is 9.59 Å². The van der Waals surface area contributed by atoms with E-state index in [2.05, 4.69) is 4.98 Å². The first-order valence-corrected chi connectivity index (χ1v) is 9.05.